The van der Waals surface area contributed by atoms with Crippen LogP contribution >= 0.6 is 11.8 Å². The first kappa shape index (κ1) is 19.8. The molecular weight excluding hydrogens is 358 g/mol. The molecule has 5 nitrogen and oxygen atoms in total. The topological polar surface area (TPSA) is 75.6 Å². The van der Waals surface area contributed by atoms with Gasteiger partial charge in [0.15, 0.2) is 0 Å². The van der Waals surface area contributed by atoms with Gasteiger partial charge in [0, 0.05) is 11.4 Å². The Labute approximate surface area is 153 Å². The molecule has 2 N–H and O–H groups in total. The van der Waals surface area contributed by atoms with E-state index in [0.29, 0.717) is 17.9 Å². The van der Waals surface area contributed by atoms with Crippen LogP contribution in [0.5, 0.6) is 5.75 Å². The molecule has 0 saturated heterocycles. The van der Waals surface area contributed by atoms with Crippen molar-refractivity contribution in [1.82, 2.24) is 4.72 Å². The highest BCUT2D eigenvalue weighted by atomic mass is 32.2. The van der Waals surface area contributed by atoms with Crippen LogP contribution in [0.25, 0.3) is 0 Å². The van der Waals surface area contributed by atoms with Gasteiger partial charge in [-0.2, -0.15) is 0 Å². The smallest absolute Gasteiger partial charge is 0.244 e. The molecule has 25 heavy (non-hydrogen) atoms. The molecular formula is C18H23NO4S2. The Morgan fingerprint density at radius 1 is 1.20 bits per heavy atom. The minimum atomic E-state index is -3.79. The normalized spacial score (nSPS) is 12.8. The summed E-state index contributed by atoms with van der Waals surface area (Å²) in [6.45, 7) is 3.87. The van der Waals surface area contributed by atoms with Gasteiger partial charge in [0.1, 0.15) is 10.6 Å². The van der Waals surface area contributed by atoms with Crippen LogP contribution in [0.15, 0.2) is 52.3 Å². The number of hydrogen-bond acceptors (Lipinski definition) is 5. The van der Waals surface area contributed by atoms with Crippen molar-refractivity contribution in [2.75, 3.05) is 19.4 Å². The molecule has 0 aliphatic rings. The lowest BCUT2D eigenvalue weighted by molar-refractivity contribution is 0.182. The number of aryl methyl sites for hydroxylation is 1. The second-order valence-corrected chi connectivity index (χ2v) is 8.14. The monoisotopic (exact) mass is 381 g/mol. The van der Waals surface area contributed by atoms with E-state index in [1.165, 1.54) is 0 Å². The summed E-state index contributed by atoms with van der Waals surface area (Å²) in [5, 5.41) is 10.3. The number of nitrogens with one attached hydrogen (secondary N) is 1. The second-order valence-electron chi connectivity index (χ2n) is 5.52. The van der Waals surface area contributed by atoms with Gasteiger partial charge in [-0.1, -0.05) is 18.2 Å². The van der Waals surface area contributed by atoms with Gasteiger partial charge in [-0.3, -0.25) is 0 Å². The average molecular weight is 382 g/mol. The molecule has 0 aliphatic heterocycles. The fourth-order valence-corrected chi connectivity index (χ4v) is 3.98. The highest BCUT2D eigenvalue weighted by molar-refractivity contribution is 7.98. The van der Waals surface area contributed by atoms with E-state index in [1.807, 2.05) is 25.3 Å². The summed E-state index contributed by atoms with van der Waals surface area (Å²) in [5.41, 5.74) is 1.48. The zero-order chi connectivity index (χ0) is 18.4. The largest absolute Gasteiger partial charge is 0.492 e. The van der Waals surface area contributed by atoms with Crippen molar-refractivity contribution in [1.29, 1.82) is 0 Å². The summed E-state index contributed by atoms with van der Waals surface area (Å²) >= 11 is 1.60. The third kappa shape index (κ3) is 5.22. The molecule has 0 amide bonds. The van der Waals surface area contributed by atoms with Crippen LogP contribution in [0.1, 0.15) is 24.2 Å². The maximum absolute atomic E-state index is 12.6. The van der Waals surface area contributed by atoms with Crippen molar-refractivity contribution >= 4 is 21.8 Å². The lowest BCUT2D eigenvalue weighted by atomic mass is 10.1. The predicted molar refractivity (Wildman–Crippen MR) is 101 cm³/mol. The first-order valence-electron chi connectivity index (χ1n) is 7.92. The highest BCUT2D eigenvalue weighted by Gasteiger charge is 2.21. The third-order valence-electron chi connectivity index (χ3n) is 3.66. The van der Waals surface area contributed by atoms with Crippen molar-refractivity contribution in [2.45, 2.75) is 29.7 Å². The van der Waals surface area contributed by atoms with Crippen molar-refractivity contribution in [3.8, 4) is 5.75 Å². The molecule has 0 spiro atoms. The van der Waals surface area contributed by atoms with Gasteiger partial charge in [0.05, 0.1) is 12.7 Å². The van der Waals surface area contributed by atoms with Crippen molar-refractivity contribution in [2.24, 2.45) is 0 Å². The van der Waals surface area contributed by atoms with Gasteiger partial charge < -0.3 is 9.84 Å². The minimum Gasteiger partial charge on any atom is -0.492 e. The molecule has 1 unspecified atom stereocenters. The fraction of sp³-hybridized carbons (Fsp3) is 0.333. The number of aliphatic hydroxyl groups is 1. The van der Waals surface area contributed by atoms with Crippen LogP contribution in [0.3, 0.4) is 0 Å². The second kappa shape index (κ2) is 8.71. The van der Waals surface area contributed by atoms with E-state index >= 15 is 0 Å². The van der Waals surface area contributed by atoms with E-state index in [4.69, 9.17) is 4.74 Å². The molecule has 2 aromatic rings. The number of ether oxygens (including phenoxy) is 1. The van der Waals surface area contributed by atoms with E-state index in [0.717, 1.165) is 10.5 Å². The Bertz CT molecular complexity index is 804. The molecule has 0 bridgehead atoms. The van der Waals surface area contributed by atoms with Crippen LogP contribution in [-0.2, 0) is 10.0 Å². The molecule has 0 aliphatic carbocycles. The molecule has 0 radical (unpaired) electrons. The lowest BCUT2D eigenvalue weighted by Gasteiger charge is -2.15. The Kier molecular flexibility index (Phi) is 6.89. The summed E-state index contributed by atoms with van der Waals surface area (Å²) in [4.78, 5) is 1.16. The summed E-state index contributed by atoms with van der Waals surface area (Å²) in [5.74, 6) is 0.305. The number of sulfonamides is 1. The standard InChI is InChI=1S/C18H23NO4S2/c1-4-23-17-10-5-13(2)11-18(17)25(21,22)19-12-16(20)14-6-8-15(24-3)9-7-14/h5-11,16,19-20H,4,12H2,1-3H3. The molecule has 2 aromatic carbocycles. The van der Waals surface area contributed by atoms with Gasteiger partial charge >= 0.3 is 0 Å². The predicted octanol–water partition coefficient (Wildman–Crippen LogP) is 3.13. The Morgan fingerprint density at radius 3 is 2.48 bits per heavy atom. The zero-order valence-corrected chi connectivity index (χ0v) is 16.2. The Balaban J connectivity index is 2.14. The van der Waals surface area contributed by atoms with Crippen LogP contribution in [0.4, 0.5) is 0 Å². The number of thioether (sulfide) groups is 1. The number of rotatable bonds is 8. The maximum Gasteiger partial charge on any atom is 0.244 e. The van der Waals surface area contributed by atoms with E-state index in [-0.39, 0.29) is 11.4 Å². The third-order valence-corrected chi connectivity index (χ3v) is 5.84. The quantitative estimate of drug-likeness (QED) is 0.687. The maximum atomic E-state index is 12.6. The van der Waals surface area contributed by atoms with E-state index in [9.17, 15) is 13.5 Å². The van der Waals surface area contributed by atoms with Crippen molar-refractivity contribution < 1.29 is 18.3 Å². The lowest BCUT2D eigenvalue weighted by Crippen LogP contribution is -2.29. The number of aliphatic hydroxyl groups excluding tert-OH is 1. The molecule has 0 saturated carbocycles. The fourth-order valence-electron chi connectivity index (χ4n) is 2.31. The SMILES string of the molecule is CCOc1ccc(C)cc1S(=O)(=O)NCC(O)c1ccc(SC)cc1. The summed E-state index contributed by atoms with van der Waals surface area (Å²) in [6, 6.07) is 12.4. The average Bonchev–Trinajstić information content (AvgIpc) is 2.61. The highest BCUT2D eigenvalue weighted by Crippen LogP contribution is 2.25. The Morgan fingerprint density at radius 2 is 1.88 bits per heavy atom. The molecule has 1 atom stereocenters. The van der Waals surface area contributed by atoms with Gasteiger partial charge in [0.25, 0.3) is 0 Å². The van der Waals surface area contributed by atoms with Crippen LogP contribution in [0.2, 0.25) is 0 Å². The van der Waals surface area contributed by atoms with Crippen LogP contribution in [-0.4, -0.2) is 32.9 Å². The molecule has 0 fully saturated rings. The van der Waals surface area contributed by atoms with E-state index in [1.54, 1.807) is 49.0 Å². The molecule has 136 valence electrons. The molecule has 7 heteroatoms. The summed E-state index contributed by atoms with van der Waals surface area (Å²) < 4.78 is 33.1. The summed E-state index contributed by atoms with van der Waals surface area (Å²) in [6.07, 6.45) is 1.04. The van der Waals surface area contributed by atoms with E-state index < -0.39 is 16.1 Å². The minimum absolute atomic E-state index is 0.0827. The first-order chi connectivity index (χ1) is 11.9. The van der Waals surface area contributed by atoms with Gasteiger partial charge in [0.2, 0.25) is 10.0 Å². The van der Waals surface area contributed by atoms with Crippen molar-refractivity contribution in [3.63, 3.8) is 0 Å². The van der Waals surface area contributed by atoms with Crippen LogP contribution < -0.4 is 9.46 Å². The van der Waals surface area contributed by atoms with Gasteiger partial charge in [-0.25, -0.2) is 13.1 Å². The summed E-state index contributed by atoms with van der Waals surface area (Å²) in [7, 11) is -3.79. The number of benzene rings is 2. The van der Waals surface area contributed by atoms with Crippen molar-refractivity contribution in [3.05, 3.63) is 53.6 Å². The molecule has 0 aromatic heterocycles. The van der Waals surface area contributed by atoms with Gasteiger partial charge in [-0.15, -0.1) is 11.8 Å². The van der Waals surface area contributed by atoms with E-state index in [2.05, 4.69) is 4.72 Å². The first-order valence-corrected chi connectivity index (χ1v) is 10.6. The van der Waals surface area contributed by atoms with Crippen LogP contribution in [0, 0.1) is 6.92 Å². The Hall–Kier alpha value is -1.54. The number of hydrogen-bond donors (Lipinski definition) is 2. The molecule has 0 heterocycles. The van der Waals surface area contributed by atoms with Gasteiger partial charge in [-0.05, 0) is 55.5 Å². The molecule has 2 rings (SSSR count). The zero-order valence-electron chi connectivity index (χ0n) is 14.5.